The Morgan fingerprint density at radius 3 is 2.64 bits per heavy atom. The van der Waals surface area contributed by atoms with E-state index in [4.69, 9.17) is 0 Å². The predicted octanol–water partition coefficient (Wildman–Crippen LogP) is 3.50. The lowest BCUT2D eigenvalue weighted by Gasteiger charge is -2.18. The number of nitrogens with zero attached hydrogens (tertiary/aromatic N) is 2. The van der Waals surface area contributed by atoms with Gasteiger partial charge in [0.25, 0.3) is 5.91 Å². The molecule has 1 fully saturated rings. The van der Waals surface area contributed by atoms with Crippen molar-refractivity contribution < 1.29 is 13.2 Å². The highest BCUT2D eigenvalue weighted by Crippen LogP contribution is 2.43. The Morgan fingerprint density at radius 1 is 1.18 bits per heavy atom. The number of carbonyl (C=O) groups is 1. The molecular weight excluding hydrogens is 438 g/mol. The maximum atomic E-state index is 13.3. The molecule has 0 spiro atoms. The lowest BCUT2D eigenvalue weighted by Crippen LogP contribution is -2.29. The van der Waals surface area contributed by atoms with Crippen LogP contribution in [-0.2, 0) is 16.4 Å². The minimum atomic E-state index is -3.69. The maximum Gasteiger partial charge on any atom is 0.272 e. The standard InChI is InChI=1S/C24H29N5O3S/c1-13(2)11-26-33(31,32)22-9-16-6-7-19(27-24(30)21-8-14(3)28-29-21)23(16)18-12-25-20(10-17(18)22)15-4-5-15/h8-10,12-13,15,19,26H,4-7,11H2,1-3H3,(H,27,30)(H,28,29)/t19-/m1/s1. The summed E-state index contributed by atoms with van der Waals surface area (Å²) in [6.45, 7) is 6.18. The van der Waals surface area contributed by atoms with Gasteiger partial charge in [-0.15, -0.1) is 0 Å². The Labute approximate surface area is 193 Å². The van der Waals surface area contributed by atoms with E-state index in [0.29, 0.717) is 41.3 Å². The van der Waals surface area contributed by atoms with Gasteiger partial charge in [0, 0.05) is 40.8 Å². The monoisotopic (exact) mass is 467 g/mol. The third kappa shape index (κ3) is 4.27. The molecule has 1 atom stereocenters. The van der Waals surface area contributed by atoms with E-state index in [9.17, 15) is 13.2 Å². The largest absolute Gasteiger partial charge is 0.344 e. The average Bonchev–Trinajstić information content (AvgIpc) is 3.42. The molecule has 1 saturated carbocycles. The number of amides is 1. The number of H-pyrrole nitrogens is 1. The highest BCUT2D eigenvalue weighted by Gasteiger charge is 2.32. The molecule has 3 aromatic rings. The second-order valence-electron chi connectivity index (χ2n) is 9.62. The molecule has 174 valence electrons. The number of aromatic amines is 1. The Hall–Kier alpha value is -2.78. The Morgan fingerprint density at radius 2 is 1.97 bits per heavy atom. The zero-order chi connectivity index (χ0) is 23.3. The summed E-state index contributed by atoms with van der Waals surface area (Å²) in [7, 11) is -3.69. The van der Waals surface area contributed by atoms with E-state index in [1.807, 2.05) is 26.8 Å². The van der Waals surface area contributed by atoms with E-state index in [-0.39, 0.29) is 17.9 Å². The molecule has 0 saturated heterocycles. The van der Waals surface area contributed by atoms with Gasteiger partial charge in [-0.25, -0.2) is 13.1 Å². The van der Waals surface area contributed by atoms with Gasteiger partial charge in [-0.2, -0.15) is 5.10 Å². The summed E-state index contributed by atoms with van der Waals surface area (Å²) in [6.07, 6.45) is 5.35. The van der Waals surface area contributed by atoms with Gasteiger partial charge in [0.15, 0.2) is 0 Å². The van der Waals surface area contributed by atoms with Gasteiger partial charge in [-0.05, 0) is 67.9 Å². The number of hydrogen-bond acceptors (Lipinski definition) is 5. The molecule has 2 aromatic heterocycles. The van der Waals surface area contributed by atoms with Crippen molar-refractivity contribution >= 4 is 26.7 Å². The fourth-order valence-electron chi connectivity index (χ4n) is 4.53. The number of aryl methyl sites for hydroxylation is 2. The Kier molecular flexibility index (Phi) is 5.49. The second kappa shape index (κ2) is 8.22. The van der Waals surface area contributed by atoms with Crippen molar-refractivity contribution in [1.29, 1.82) is 0 Å². The van der Waals surface area contributed by atoms with Gasteiger partial charge in [0.1, 0.15) is 5.69 Å². The van der Waals surface area contributed by atoms with Crippen LogP contribution in [0.15, 0.2) is 29.3 Å². The average molecular weight is 468 g/mol. The summed E-state index contributed by atoms with van der Waals surface area (Å²) in [5.74, 6) is 0.359. The van der Waals surface area contributed by atoms with E-state index in [1.165, 1.54) is 0 Å². The SMILES string of the molecule is Cc1cc(C(=O)N[C@@H]2CCc3cc(S(=O)(=O)NCC(C)C)c4cc(C5CC5)ncc4c32)n[nH]1. The molecule has 0 radical (unpaired) electrons. The molecule has 0 aliphatic heterocycles. The van der Waals surface area contributed by atoms with Gasteiger partial charge in [0.05, 0.1) is 10.9 Å². The Bertz CT molecular complexity index is 1340. The number of pyridine rings is 1. The maximum absolute atomic E-state index is 13.3. The van der Waals surface area contributed by atoms with Crippen LogP contribution in [0.2, 0.25) is 0 Å². The molecule has 1 amide bonds. The molecule has 2 aliphatic rings. The molecule has 0 bridgehead atoms. The van der Waals surface area contributed by atoms with Crippen LogP contribution in [0.25, 0.3) is 10.8 Å². The van der Waals surface area contributed by atoms with Crippen LogP contribution in [0.3, 0.4) is 0 Å². The van der Waals surface area contributed by atoms with Crippen molar-refractivity contribution in [3.63, 3.8) is 0 Å². The number of nitrogens with one attached hydrogen (secondary N) is 3. The number of fused-ring (bicyclic) bond motifs is 3. The predicted molar refractivity (Wildman–Crippen MR) is 126 cm³/mol. The van der Waals surface area contributed by atoms with Crippen LogP contribution in [0.1, 0.15) is 78.1 Å². The van der Waals surface area contributed by atoms with E-state index in [1.54, 1.807) is 18.3 Å². The first kappa shape index (κ1) is 22.0. The van der Waals surface area contributed by atoms with Crippen LogP contribution in [0.5, 0.6) is 0 Å². The zero-order valence-electron chi connectivity index (χ0n) is 19.1. The zero-order valence-corrected chi connectivity index (χ0v) is 19.9. The molecule has 8 nitrogen and oxygen atoms in total. The highest BCUT2D eigenvalue weighted by atomic mass is 32.2. The number of carbonyl (C=O) groups excluding carboxylic acids is 1. The van der Waals surface area contributed by atoms with Crippen LogP contribution in [0.4, 0.5) is 0 Å². The number of hydrogen-bond donors (Lipinski definition) is 3. The fourth-order valence-corrected chi connectivity index (χ4v) is 5.99. The van der Waals surface area contributed by atoms with Crippen LogP contribution in [-0.4, -0.2) is 36.1 Å². The molecule has 0 unspecified atom stereocenters. The summed E-state index contributed by atoms with van der Waals surface area (Å²) in [5.41, 5.74) is 4.00. The molecule has 2 heterocycles. The third-order valence-corrected chi connectivity index (χ3v) is 7.86. The van der Waals surface area contributed by atoms with Crippen molar-refractivity contribution in [2.45, 2.75) is 63.3 Å². The van der Waals surface area contributed by atoms with Crippen LogP contribution < -0.4 is 10.0 Å². The van der Waals surface area contributed by atoms with Crippen LogP contribution >= 0.6 is 0 Å². The molecule has 9 heteroatoms. The summed E-state index contributed by atoms with van der Waals surface area (Å²) in [6, 6.07) is 5.22. The van der Waals surface area contributed by atoms with Gasteiger partial charge in [-0.1, -0.05) is 13.8 Å². The van der Waals surface area contributed by atoms with Crippen molar-refractivity contribution in [1.82, 2.24) is 25.2 Å². The van der Waals surface area contributed by atoms with Crippen molar-refractivity contribution in [3.05, 3.63) is 52.6 Å². The smallest absolute Gasteiger partial charge is 0.272 e. The fraction of sp³-hybridized carbons (Fsp3) is 0.458. The second-order valence-corrected chi connectivity index (χ2v) is 11.4. The van der Waals surface area contributed by atoms with E-state index in [0.717, 1.165) is 40.7 Å². The molecule has 1 aromatic carbocycles. The third-order valence-electron chi connectivity index (χ3n) is 6.39. The van der Waals surface area contributed by atoms with E-state index < -0.39 is 10.0 Å². The Balaban J connectivity index is 1.58. The van der Waals surface area contributed by atoms with Crippen molar-refractivity contribution in [3.8, 4) is 0 Å². The number of aromatic nitrogens is 3. The van der Waals surface area contributed by atoms with Crippen molar-refractivity contribution in [2.24, 2.45) is 5.92 Å². The quantitative estimate of drug-likeness (QED) is 0.492. The van der Waals surface area contributed by atoms with Crippen molar-refractivity contribution in [2.75, 3.05) is 6.54 Å². The van der Waals surface area contributed by atoms with Gasteiger partial charge < -0.3 is 5.32 Å². The number of sulfonamides is 1. The topological polar surface area (TPSA) is 117 Å². The summed E-state index contributed by atoms with van der Waals surface area (Å²) >= 11 is 0. The summed E-state index contributed by atoms with van der Waals surface area (Å²) in [5, 5.41) is 11.4. The minimum absolute atomic E-state index is 0.203. The number of benzene rings is 1. The van der Waals surface area contributed by atoms with E-state index in [2.05, 4.69) is 25.2 Å². The lowest BCUT2D eigenvalue weighted by atomic mass is 9.99. The summed E-state index contributed by atoms with van der Waals surface area (Å²) in [4.78, 5) is 17.7. The van der Waals surface area contributed by atoms with Crippen LogP contribution in [0, 0.1) is 12.8 Å². The molecule has 33 heavy (non-hydrogen) atoms. The lowest BCUT2D eigenvalue weighted by molar-refractivity contribution is 0.0932. The first-order chi connectivity index (χ1) is 15.7. The highest BCUT2D eigenvalue weighted by molar-refractivity contribution is 7.89. The first-order valence-electron chi connectivity index (χ1n) is 11.5. The van der Waals surface area contributed by atoms with Gasteiger partial charge >= 0.3 is 0 Å². The molecular formula is C24H29N5O3S. The molecule has 2 aliphatic carbocycles. The molecule has 5 rings (SSSR count). The first-order valence-corrected chi connectivity index (χ1v) is 13.0. The molecule has 3 N–H and O–H groups in total. The van der Waals surface area contributed by atoms with Gasteiger partial charge in [0.2, 0.25) is 10.0 Å². The summed E-state index contributed by atoms with van der Waals surface area (Å²) < 4.78 is 29.3. The number of rotatable bonds is 7. The van der Waals surface area contributed by atoms with E-state index >= 15 is 0 Å². The normalized spacial score (nSPS) is 18.1. The minimum Gasteiger partial charge on any atom is -0.344 e. The van der Waals surface area contributed by atoms with Gasteiger partial charge in [-0.3, -0.25) is 14.9 Å².